The van der Waals surface area contributed by atoms with Gasteiger partial charge in [0.25, 0.3) is 0 Å². The van der Waals surface area contributed by atoms with Gasteiger partial charge in [0.1, 0.15) is 0 Å². The van der Waals surface area contributed by atoms with Crippen LogP contribution in [0.4, 0.5) is 5.69 Å². The van der Waals surface area contributed by atoms with Crippen molar-refractivity contribution in [3.8, 4) is 0 Å². The summed E-state index contributed by atoms with van der Waals surface area (Å²) < 4.78 is 0. The van der Waals surface area contributed by atoms with E-state index in [2.05, 4.69) is 22.0 Å². The number of nitrogens with one attached hydrogen (secondary N) is 1. The van der Waals surface area contributed by atoms with Crippen LogP contribution in [0.5, 0.6) is 0 Å². The third-order valence-electron chi connectivity index (χ3n) is 3.92. The summed E-state index contributed by atoms with van der Waals surface area (Å²) in [7, 11) is 0. The van der Waals surface area contributed by atoms with E-state index < -0.39 is 0 Å². The van der Waals surface area contributed by atoms with Crippen LogP contribution in [0.15, 0.2) is 54.9 Å². The van der Waals surface area contributed by atoms with E-state index in [0.29, 0.717) is 5.02 Å². The summed E-state index contributed by atoms with van der Waals surface area (Å²) in [5.41, 5.74) is 2.12. The first kappa shape index (κ1) is 15.6. The van der Waals surface area contributed by atoms with Gasteiger partial charge in [-0.15, -0.1) is 0 Å². The normalized spacial score (nSPS) is 15.2. The molecule has 5 heteroatoms. The van der Waals surface area contributed by atoms with Crippen LogP contribution < -0.4 is 9.88 Å². The van der Waals surface area contributed by atoms with E-state index in [4.69, 9.17) is 11.6 Å². The molecule has 1 aromatic heterocycles. The lowest BCUT2D eigenvalue weighted by Crippen LogP contribution is -2.48. The molecule has 0 unspecified atom stereocenters. The lowest BCUT2D eigenvalue weighted by Gasteiger charge is -2.35. The number of aromatic amines is 1. The lowest BCUT2D eigenvalue weighted by molar-refractivity contribution is -0.377. The molecular formula is C18H19ClN3O+. The molecule has 118 valence electrons. The second-order valence-electron chi connectivity index (χ2n) is 5.46. The Morgan fingerprint density at radius 2 is 1.83 bits per heavy atom. The molecule has 2 aromatic rings. The highest BCUT2D eigenvalue weighted by Gasteiger charge is 2.19. The molecule has 0 saturated carbocycles. The van der Waals surface area contributed by atoms with Gasteiger partial charge in [-0.25, -0.2) is 4.98 Å². The second-order valence-corrected chi connectivity index (χ2v) is 5.90. The van der Waals surface area contributed by atoms with E-state index in [1.807, 2.05) is 47.6 Å². The Kier molecular flexibility index (Phi) is 4.93. The molecule has 1 aromatic carbocycles. The van der Waals surface area contributed by atoms with Crippen molar-refractivity contribution in [1.29, 1.82) is 0 Å². The average Bonchev–Trinajstić information content (AvgIpc) is 2.61. The predicted octanol–water partition coefficient (Wildman–Crippen LogP) is 2.52. The van der Waals surface area contributed by atoms with Crippen molar-refractivity contribution in [2.75, 3.05) is 31.1 Å². The molecule has 1 amide bonds. The van der Waals surface area contributed by atoms with Crippen LogP contribution in [0, 0.1) is 0 Å². The first-order valence-electron chi connectivity index (χ1n) is 7.66. The number of hydrogen-bond acceptors (Lipinski definition) is 2. The maximum Gasteiger partial charge on any atom is 0.246 e. The number of halogens is 1. The Hall–Kier alpha value is -2.33. The number of H-pyrrole nitrogens is 1. The van der Waals surface area contributed by atoms with Crippen molar-refractivity contribution >= 4 is 29.3 Å². The smallest absolute Gasteiger partial charge is 0.246 e. The zero-order chi connectivity index (χ0) is 16.1. The maximum atomic E-state index is 12.3. The molecule has 1 fully saturated rings. The molecule has 1 aliphatic rings. The quantitative estimate of drug-likeness (QED) is 0.812. The van der Waals surface area contributed by atoms with Crippen LogP contribution in [-0.2, 0) is 4.79 Å². The molecule has 0 atom stereocenters. The Morgan fingerprint density at radius 1 is 1.09 bits per heavy atom. The Morgan fingerprint density at radius 3 is 2.52 bits per heavy atom. The minimum Gasteiger partial charge on any atom is -0.368 e. The van der Waals surface area contributed by atoms with E-state index in [1.165, 1.54) is 5.69 Å². The monoisotopic (exact) mass is 328 g/mol. The van der Waals surface area contributed by atoms with Crippen LogP contribution in [0.1, 0.15) is 5.56 Å². The van der Waals surface area contributed by atoms with E-state index in [0.717, 1.165) is 31.7 Å². The van der Waals surface area contributed by atoms with Crippen molar-refractivity contribution in [3.05, 3.63) is 65.5 Å². The van der Waals surface area contributed by atoms with Gasteiger partial charge in [-0.2, -0.15) is 0 Å². The molecule has 4 nitrogen and oxygen atoms in total. The molecule has 0 radical (unpaired) electrons. The number of piperazine rings is 1. The molecule has 0 spiro atoms. The summed E-state index contributed by atoms with van der Waals surface area (Å²) in [4.78, 5) is 19.5. The van der Waals surface area contributed by atoms with Gasteiger partial charge < -0.3 is 9.80 Å². The third kappa shape index (κ3) is 4.11. The Labute approximate surface area is 141 Å². The molecule has 1 saturated heterocycles. The Balaban J connectivity index is 1.56. The molecule has 2 heterocycles. The second kappa shape index (κ2) is 7.29. The minimum atomic E-state index is 0.0472. The van der Waals surface area contributed by atoms with Gasteiger partial charge in [-0.3, -0.25) is 4.79 Å². The van der Waals surface area contributed by atoms with Gasteiger partial charge in [-0.1, -0.05) is 23.7 Å². The predicted molar refractivity (Wildman–Crippen MR) is 92.3 cm³/mol. The zero-order valence-electron chi connectivity index (χ0n) is 12.8. The highest BCUT2D eigenvalue weighted by molar-refractivity contribution is 6.30. The minimum absolute atomic E-state index is 0.0472. The summed E-state index contributed by atoms with van der Waals surface area (Å²) >= 11 is 5.95. The average molecular weight is 329 g/mol. The van der Waals surface area contributed by atoms with Crippen LogP contribution in [0.3, 0.4) is 0 Å². The van der Waals surface area contributed by atoms with Crippen molar-refractivity contribution in [2.24, 2.45) is 0 Å². The summed E-state index contributed by atoms with van der Waals surface area (Å²) in [6.07, 6.45) is 7.27. The van der Waals surface area contributed by atoms with Crippen LogP contribution in [-0.4, -0.2) is 37.0 Å². The largest absolute Gasteiger partial charge is 0.368 e. The molecule has 1 N–H and O–H groups in total. The Bertz CT molecular complexity index is 694. The third-order valence-corrected chi connectivity index (χ3v) is 4.16. The zero-order valence-corrected chi connectivity index (χ0v) is 13.5. The molecule has 0 aliphatic carbocycles. The topological polar surface area (TPSA) is 37.7 Å². The summed E-state index contributed by atoms with van der Waals surface area (Å²) in [6, 6.07) is 11.6. The van der Waals surface area contributed by atoms with Crippen molar-refractivity contribution in [2.45, 2.75) is 0 Å². The number of carbonyl (C=O) groups excluding carboxylic acids is 1. The first-order chi connectivity index (χ1) is 11.2. The highest BCUT2D eigenvalue weighted by Crippen LogP contribution is 2.15. The molecular weight excluding hydrogens is 310 g/mol. The van der Waals surface area contributed by atoms with E-state index >= 15 is 0 Å². The number of nitrogens with zero attached hydrogens (tertiary/aromatic N) is 2. The number of aromatic nitrogens is 1. The van der Waals surface area contributed by atoms with Gasteiger partial charge in [0.15, 0.2) is 12.4 Å². The standard InChI is InChI=1S/C18H18ClN3O/c19-16-3-1-2-15(14-16)4-5-18(23)22-12-10-21(11-13-22)17-6-8-20-9-7-17/h1-9,14H,10-13H2/p+1/b5-4+. The molecule has 0 bridgehead atoms. The van der Waals surface area contributed by atoms with Crippen LogP contribution in [0.25, 0.3) is 6.08 Å². The lowest BCUT2D eigenvalue weighted by atomic mass is 10.2. The maximum absolute atomic E-state index is 12.3. The number of hydrogen-bond donors (Lipinski definition) is 0. The first-order valence-corrected chi connectivity index (χ1v) is 8.04. The fraction of sp³-hybridized carbons (Fsp3) is 0.222. The highest BCUT2D eigenvalue weighted by atomic mass is 35.5. The molecule has 1 aliphatic heterocycles. The van der Waals surface area contributed by atoms with E-state index in [1.54, 1.807) is 6.08 Å². The van der Waals surface area contributed by atoms with Crippen molar-refractivity contribution in [1.82, 2.24) is 4.90 Å². The SMILES string of the molecule is O=C(/C=C/c1cccc(Cl)c1)N1CCN(c2cc[nH+]cc2)CC1. The number of amides is 1. The van der Waals surface area contributed by atoms with Gasteiger partial charge >= 0.3 is 0 Å². The van der Waals surface area contributed by atoms with E-state index in [-0.39, 0.29) is 5.91 Å². The van der Waals surface area contributed by atoms with Crippen molar-refractivity contribution in [3.63, 3.8) is 0 Å². The van der Waals surface area contributed by atoms with Gasteiger partial charge in [0.05, 0.1) is 0 Å². The molecule has 3 rings (SSSR count). The van der Waals surface area contributed by atoms with Crippen LogP contribution >= 0.6 is 11.6 Å². The van der Waals surface area contributed by atoms with Gasteiger partial charge in [-0.05, 0) is 23.8 Å². The summed E-state index contributed by atoms with van der Waals surface area (Å²) in [5.74, 6) is 0.0472. The number of benzene rings is 1. The van der Waals surface area contributed by atoms with E-state index in [9.17, 15) is 4.79 Å². The summed E-state index contributed by atoms with van der Waals surface area (Å²) in [6.45, 7) is 3.16. The fourth-order valence-electron chi connectivity index (χ4n) is 2.66. The number of pyridine rings is 1. The molecule has 23 heavy (non-hydrogen) atoms. The van der Waals surface area contributed by atoms with Gasteiger partial charge in [0.2, 0.25) is 5.91 Å². The van der Waals surface area contributed by atoms with Crippen molar-refractivity contribution < 1.29 is 9.78 Å². The fourth-order valence-corrected chi connectivity index (χ4v) is 2.86. The number of anilines is 1. The number of carbonyl (C=O) groups is 1. The van der Waals surface area contributed by atoms with Crippen LogP contribution in [0.2, 0.25) is 5.02 Å². The number of rotatable bonds is 3. The summed E-state index contributed by atoms with van der Waals surface area (Å²) in [5, 5.41) is 0.674. The van der Waals surface area contributed by atoms with Gasteiger partial charge in [0, 0.05) is 55.1 Å².